The van der Waals surface area contributed by atoms with Gasteiger partial charge in [0.15, 0.2) is 0 Å². The van der Waals surface area contributed by atoms with Crippen LogP contribution >= 0.6 is 0 Å². The van der Waals surface area contributed by atoms with Gasteiger partial charge in [0.05, 0.1) is 5.56 Å². The summed E-state index contributed by atoms with van der Waals surface area (Å²) in [6.07, 6.45) is 6.10. The molecule has 16 heavy (non-hydrogen) atoms. The first kappa shape index (κ1) is 10.8. The summed E-state index contributed by atoms with van der Waals surface area (Å²) < 4.78 is 0. The predicted molar refractivity (Wildman–Crippen MR) is 61.0 cm³/mol. The van der Waals surface area contributed by atoms with E-state index in [0.29, 0.717) is 17.3 Å². The molecule has 1 aromatic rings. The van der Waals surface area contributed by atoms with E-state index in [1.54, 1.807) is 19.3 Å². The third-order valence-electron chi connectivity index (χ3n) is 2.87. The van der Waals surface area contributed by atoms with Gasteiger partial charge in [-0.1, -0.05) is 6.08 Å². The fraction of sp³-hybridized carbons (Fsp3) is 0.417. The van der Waals surface area contributed by atoms with Gasteiger partial charge in [-0.3, -0.25) is 4.79 Å². The smallest absolute Gasteiger partial charge is 0.257 e. The Morgan fingerprint density at radius 3 is 2.81 bits per heavy atom. The second kappa shape index (κ2) is 4.43. The molecule has 4 heteroatoms. The number of hydrogen-bond donors (Lipinski definition) is 0. The fourth-order valence-electron chi connectivity index (χ4n) is 1.85. The quantitative estimate of drug-likeness (QED) is 0.704. The van der Waals surface area contributed by atoms with E-state index in [4.69, 9.17) is 0 Å². The molecule has 0 radical (unpaired) electrons. The minimum atomic E-state index is 0.0179. The summed E-state index contributed by atoms with van der Waals surface area (Å²) in [6, 6.07) is 0. The van der Waals surface area contributed by atoms with Crippen molar-refractivity contribution >= 4 is 5.91 Å². The van der Waals surface area contributed by atoms with Crippen molar-refractivity contribution < 1.29 is 4.79 Å². The first-order valence-corrected chi connectivity index (χ1v) is 5.41. The van der Waals surface area contributed by atoms with Gasteiger partial charge in [-0.25, -0.2) is 9.97 Å². The zero-order valence-corrected chi connectivity index (χ0v) is 9.39. The highest BCUT2D eigenvalue weighted by Gasteiger charge is 2.25. The van der Waals surface area contributed by atoms with Gasteiger partial charge in [0.25, 0.3) is 5.91 Å². The van der Waals surface area contributed by atoms with E-state index in [0.717, 1.165) is 19.5 Å². The van der Waals surface area contributed by atoms with Gasteiger partial charge in [0.1, 0.15) is 5.82 Å². The van der Waals surface area contributed by atoms with E-state index >= 15 is 0 Å². The van der Waals surface area contributed by atoms with Crippen molar-refractivity contribution in [3.63, 3.8) is 0 Å². The van der Waals surface area contributed by atoms with Crippen LogP contribution in [0, 0.1) is 12.8 Å². The van der Waals surface area contributed by atoms with Crippen LogP contribution in [0.4, 0.5) is 0 Å². The van der Waals surface area contributed by atoms with Crippen molar-refractivity contribution in [3.8, 4) is 0 Å². The molecule has 1 aromatic heterocycles. The van der Waals surface area contributed by atoms with Crippen LogP contribution in [0.15, 0.2) is 25.0 Å². The zero-order chi connectivity index (χ0) is 11.5. The first-order chi connectivity index (χ1) is 7.70. The average Bonchev–Trinajstić information content (AvgIpc) is 2.77. The molecule has 1 fully saturated rings. The summed E-state index contributed by atoms with van der Waals surface area (Å²) in [6.45, 7) is 7.12. The molecule has 1 saturated heterocycles. The molecule has 0 N–H and O–H groups in total. The van der Waals surface area contributed by atoms with Crippen molar-refractivity contribution in [3.05, 3.63) is 36.4 Å². The van der Waals surface area contributed by atoms with E-state index < -0.39 is 0 Å². The number of aryl methyl sites for hydroxylation is 1. The normalized spacial score (nSPS) is 19.8. The molecular weight excluding hydrogens is 202 g/mol. The summed E-state index contributed by atoms with van der Waals surface area (Å²) in [5.74, 6) is 1.13. The molecule has 2 rings (SSSR count). The van der Waals surface area contributed by atoms with Gasteiger partial charge in [0.2, 0.25) is 0 Å². The van der Waals surface area contributed by atoms with Crippen molar-refractivity contribution in [1.82, 2.24) is 14.9 Å². The molecule has 0 saturated carbocycles. The van der Waals surface area contributed by atoms with Crippen molar-refractivity contribution in [2.45, 2.75) is 13.3 Å². The van der Waals surface area contributed by atoms with Gasteiger partial charge in [-0.2, -0.15) is 0 Å². The summed E-state index contributed by atoms with van der Waals surface area (Å²) in [7, 11) is 0. The van der Waals surface area contributed by atoms with E-state index in [1.165, 1.54) is 0 Å². The SMILES string of the molecule is C=CC1CCN(C(=O)c2cnc(C)nc2)C1. The summed E-state index contributed by atoms with van der Waals surface area (Å²) >= 11 is 0. The standard InChI is InChI=1S/C12H15N3O/c1-3-10-4-5-15(8-10)12(16)11-6-13-9(2)14-7-11/h3,6-7,10H,1,4-5,8H2,2H3. The van der Waals surface area contributed by atoms with Crippen LogP contribution in [0.2, 0.25) is 0 Å². The molecular formula is C12H15N3O. The molecule has 0 aliphatic carbocycles. The summed E-state index contributed by atoms with van der Waals surface area (Å²) in [5, 5.41) is 0. The van der Waals surface area contributed by atoms with Crippen molar-refractivity contribution in [2.75, 3.05) is 13.1 Å². The minimum absolute atomic E-state index is 0.0179. The molecule has 1 aliphatic rings. The topological polar surface area (TPSA) is 46.1 Å². The lowest BCUT2D eigenvalue weighted by Gasteiger charge is -2.15. The number of nitrogens with zero attached hydrogens (tertiary/aromatic N) is 3. The van der Waals surface area contributed by atoms with Gasteiger partial charge < -0.3 is 4.90 Å². The van der Waals surface area contributed by atoms with Crippen LogP contribution < -0.4 is 0 Å². The molecule has 1 atom stereocenters. The Morgan fingerprint density at radius 1 is 1.56 bits per heavy atom. The molecule has 1 amide bonds. The lowest BCUT2D eigenvalue weighted by atomic mass is 10.1. The van der Waals surface area contributed by atoms with Crippen LogP contribution in [-0.4, -0.2) is 33.9 Å². The van der Waals surface area contributed by atoms with E-state index in [1.807, 2.05) is 11.0 Å². The minimum Gasteiger partial charge on any atom is -0.338 e. The molecule has 84 valence electrons. The largest absolute Gasteiger partial charge is 0.338 e. The van der Waals surface area contributed by atoms with Crippen LogP contribution in [-0.2, 0) is 0 Å². The highest BCUT2D eigenvalue weighted by atomic mass is 16.2. The molecule has 0 aromatic carbocycles. The van der Waals surface area contributed by atoms with Crippen molar-refractivity contribution in [2.24, 2.45) is 5.92 Å². The maximum Gasteiger partial charge on any atom is 0.257 e. The molecule has 2 heterocycles. The van der Waals surface area contributed by atoms with Gasteiger partial charge >= 0.3 is 0 Å². The molecule has 1 aliphatic heterocycles. The maximum absolute atomic E-state index is 12.0. The van der Waals surface area contributed by atoms with E-state index in [-0.39, 0.29) is 5.91 Å². The maximum atomic E-state index is 12.0. The highest BCUT2D eigenvalue weighted by molar-refractivity contribution is 5.93. The van der Waals surface area contributed by atoms with E-state index in [2.05, 4.69) is 16.5 Å². The number of amides is 1. The molecule has 4 nitrogen and oxygen atoms in total. The lowest BCUT2D eigenvalue weighted by molar-refractivity contribution is 0.0788. The van der Waals surface area contributed by atoms with E-state index in [9.17, 15) is 4.79 Å². The molecule has 1 unspecified atom stereocenters. The van der Waals surface area contributed by atoms with Gasteiger partial charge in [0, 0.05) is 25.5 Å². The second-order valence-electron chi connectivity index (χ2n) is 4.05. The van der Waals surface area contributed by atoms with Crippen LogP contribution in [0.5, 0.6) is 0 Å². The van der Waals surface area contributed by atoms with Gasteiger partial charge in [-0.05, 0) is 19.3 Å². The average molecular weight is 217 g/mol. The Hall–Kier alpha value is -1.71. The van der Waals surface area contributed by atoms with Crippen molar-refractivity contribution in [1.29, 1.82) is 0 Å². The summed E-state index contributed by atoms with van der Waals surface area (Å²) in [4.78, 5) is 21.9. The molecule has 0 bridgehead atoms. The number of aromatic nitrogens is 2. The number of carbonyl (C=O) groups is 1. The Balaban J connectivity index is 2.08. The second-order valence-corrected chi connectivity index (χ2v) is 4.05. The Kier molecular flexibility index (Phi) is 2.99. The first-order valence-electron chi connectivity index (χ1n) is 5.41. The summed E-state index contributed by atoms with van der Waals surface area (Å²) in [5.41, 5.74) is 0.565. The highest BCUT2D eigenvalue weighted by Crippen LogP contribution is 2.18. The number of hydrogen-bond acceptors (Lipinski definition) is 3. The Bertz CT molecular complexity index is 399. The third kappa shape index (κ3) is 2.10. The zero-order valence-electron chi connectivity index (χ0n) is 9.39. The van der Waals surface area contributed by atoms with Gasteiger partial charge in [-0.15, -0.1) is 6.58 Å². The Morgan fingerprint density at radius 2 is 2.25 bits per heavy atom. The number of carbonyl (C=O) groups excluding carboxylic acids is 1. The Labute approximate surface area is 95.0 Å². The monoisotopic (exact) mass is 217 g/mol. The fourth-order valence-corrected chi connectivity index (χ4v) is 1.85. The van der Waals surface area contributed by atoms with Crippen LogP contribution in [0.1, 0.15) is 22.6 Å². The lowest BCUT2D eigenvalue weighted by Crippen LogP contribution is -2.28. The van der Waals surface area contributed by atoms with Crippen LogP contribution in [0.3, 0.4) is 0 Å². The predicted octanol–water partition coefficient (Wildman–Crippen LogP) is 1.43. The number of rotatable bonds is 2. The molecule has 0 spiro atoms. The van der Waals surface area contributed by atoms with Crippen LogP contribution in [0.25, 0.3) is 0 Å². The third-order valence-corrected chi connectivity index (χ3v) is 2.87. The number of likely N-dealkylation sites (tertiary alicyclic amines) is 1.